The number of sulfonamides is 1. The molecular formula is C27H24BrFN4O3S2. The highest BCUT2D eigenvalue weighted by molar-refractivity contribution is 9.10. The first-order chi connectivity index (χ1) is 18.2. The molecule has 11 heteroatoms. The Morgan fingerprint density at radius 1 is 1.16 bits per heavy atom. The third-order valence-electron chi connectivity index (χ3n) is 6.26. The van der Waals surface area contributed by atoms with Crippen molar-refractivity contribution in [3.8, 4) is 0 Å². The first-order valence-electron chi connectivity index (χ1n) is 12.0. The molecule has 1 amide bonds. The van der Waals surface area contributed by atoms with Crippen molar-refractivity contribution in [3.63, 3.8) is 0 Å². The van der Waals surface area contributed by atoms with E-state index < -0.39 is 15.9 Å². The van der Waals surface area contributed by atoms with Gasteiger partial charge < -0.3 is 0 Å². The van der Waals surface area contributed by atoms with Crippen LogP contribution in [0.1, 0.15) is 35.7 Å². The van der Waals surface area contributed by atoms with E-state index in [2.05, 4.69) is 26.0 Å². The predicted molar refractivity (Wildman–Crippen MR) is 152 cm³/mol. The van der Waals surface area contributed by atoms with Crippen molar-refractivity contribution in [3.05, 3.63) is 88.1 Å². The number of fused-ring (bicyclic) bond motifs is 1. The van der Waals surface area contributed by atoms with Crippen molar-refractivity contribution in [2.24, 2.45) is 11.0 Å². The molecule has 1 unspecified atom stereocenters. The summed E-state index contributed by atoms with van der Waals surface area (Å²) >= 11 is 4.75. The van der Waals surface area contributed by atoms with Crippen LogP contribution < -0.4 is 5.01 Å². The lowest BCUT2D eigenvalue weighted by atomic mass is 10.0. The summed E-state index contributed by atoms with van der Waals surface area (Å²) in [4.78, 5) is 18.3. The van der Waals surface area contributed by atoms with Gasteiger partial charge in [0.05, 0.1) is 21.3 Å². The summed E-state index contributed by atoms with van der Waals surface area (Å²) in [7, 11) is -3.65. The maximum absolute atomic E-state index is 13.6. The first-order valence-corrected chi connectivity index (χ1v) is 15.1. The SMILES string of the molecule is CC1CCCN(S(=O)(=O)c2ccc(C(=O)N(/N=C/c3ccc(F)cc3)c3nc4ccc(Br)cc4s3)cc2)C1. The van der Waals surface area contributed by atoms with Crippen molar-refractivity contribution < 1.29 is 17.6 Å². The minimum atomic E-state index is -3.65. The lowest BCUT2D eigenvalue weighted by molar-refractivity contribution is 0.0987. The van der Waals surface area contributed by atoms with Gasteiger partial charge in [-0.05, 0) is 78.9 Å². The van der Waals surface area contributed by atoms with Gasteiger partial charge in [0.15, 0.2) is 0 Å². The Morgan fingerprint density at radius 2 is 1.89 bits per heavy atom. The molecule has 7 nitrogen and oxygen atoms in total. The van der Waals surface area contributed by atoms with E-state index >= 15 is 0 Å². The number of nitrogens with zero attached hydrogens (tertiary/aromatic N) is 4. The summed E-state index contributed by atoms with van der Waals surface area (Å²) in [5, 5.41) is 5.91. The van der Waals surface area contributed by atoms with Gasteiger partial charge in [0, 0.05) is 23.1 Å². The highest BCUT2D eigenvalue weighted by Gasteiger charge is 2.29. The minimum absolute atomic E-state index is 0.148. The molecule has 1 saturated heterocycles. The number of benzene rings is 3. The Balaban J connectivity index is 1.47. The number of halogens is 2. The van der Waals surface area contributed by atoms with Crippen LogP contribution in [0.3, 0.4) is 0 Å². The number of carbonyl (C=O) groups is 1. The van der Waals surface area contributed by atoms with Crippen LogP contribution in [0.5, 0.6) is 0 Å². The number of thiazole rings is 1. The zero-order valence-corrected chi connectivity index (χ0v) is 23.6. The van der Waals surface area contributed by atoms with Crippen LogP contribution in [0.15, 0.2) is 81.2 Å². The van der Waals surface area contributed by atoms with E-state index in [9.17, 15) is 17.6 Å². The summed E-state index contributed by atoms with van der Waals surface area (Å²) in [5.41, 5.74) is 1.57. The van der Waals surface area contributed by atoms with Gasteiger partial charge in [0.1, 0.15) is 5.82 Å². The van der Waals surface area contributed by atoms with E-state index in [0.717, 1.165) is 22.0 Å². The van der Waals surface area contributed by atoms with Crippen LogP contribution in [0.4, 0.5) is 9.52 Å². The number of carbonyl (C=O) groups excluding carboxylic acids is 1. The summed E-state index contributed by atoms with van der Waals surface area (Å²) in [6.45, 7) is 3.03. The van der Waals surface area contributed by atoms with Crippen LogP contribution in [0, 0.1) is 11.7 Å². The van der Waals surface area contributed by atoms with E-state index in [4.69, 9.17) is 0 Å². The van der Waals surface area contributed by atoms with E-state index in [1.807, 2.05) is 25.1 Å². The van der Waals surface area contributed by atoms with Crippen molar-refractivity contribution in [2.45, 2.75) is 24.7 Å². The fourth-order valence-electron chi connectivity index (χ4n) is 4.24. The number of hydrazone groups is 1. The van der Waals surface area contributed by atoms with Gasteiger partial charge in [-0.2, -0.15) is 14.4 Å². The van der Waals surface area contributed by atoms with Crippen LogP contribution in [-0.2, 0) is 10.0 Å². The molecule has 0 bridgehead atoms. The second kappa shape index (κ2) is 11.0. The number of hydrogen-bond donors (Lipinski definition) is 0. The van der Waals surface area contributed by atoms with Gasteiger partial charge in [-0.1, -0.05) is 46.3 Å². The van der Waals surface area contributed by atoms with Crippen molar-refractivity contribution in [2.75, 3.05) is 18.1 Å². The molecule has 2 heterocycles. The molecule has 1 aliphatic rings. The van der Waals surface area contributed by atoms with Crippen LogP contribution in [-0.4, -0.2) is 42.9 Å². The van der Waals surface area contributed by atoms with Gasteiger partial charge in [0.2, 0.25) is 15.2 Å². The quantitative estimate of drug-likeness (QED) is 0.188. The number of piperidine rings is 1. The molecule has 1 atom stereocenters. The third-order valence-corrected chi connectivity index (χ3v) is 9.63. The average molecular weight is 616 g/mol. The molecule has 0 N–H and O–H groups in total. The van der Waals surface area contributed by atoms with Gasteiger partial charge in [-0.25, -0.2) is 17.8 Å². The normalized spacial score (nSPS) is 16.8. The fourth-order valence-corrected chi connectivity index (χ4v) is 7.32. The molecule has 0 radical (unpaired) electrons. The van der Waals surface area contributed by atoms with Gasteiger partial charge in [-0.3, -0.25) is 4.79 Å². The summed E-state index contributed by atoms with van der Waals surface area (Å²) < 4.78 is 42.9. The summed E-state index contributed by atoms with van der Waals surface area (Å²) in [6.07, 6.45) is 3.29. The number of rotatable bonds is 6. The van der Waals surface area contributed by atoms with Crippen molar-refractivity contribution in [1.82, 2.24) is 9.29 Å². The van der Waals surface area contributed by atoms with Crippen LogP contribution in [0.25, 0.3) is 10.2 Å². The second-order valence-electron chi connectivity index (χ2n) is 9.16. The molecule has 3 aromatic carbocycles. The predicted octanol–water partition coefficient (Wildman–Crippen LogP) is 6.30. The lowest BCUT2D eigenvalue weighted by Crippen LogP contribution is -2.39. The maximum Gasteiger partial charge on any atom is 0.280 e. The molecule has 4 aromatic rings. The molecule has 1 aromatic heterocycles. The Kier molecular flexibility index (Phi) is 7.71. The molecule has 0 spiro atoms. The van der Waals surface area contributed by atoms with E-state index in [-0.39, 0.29) is 16.3 Å². The average Bonchev–Trinajstić information content (AvgIpc) is 3.32. The number of amides is 1. The summed E-state index contributed by atoms with van der Waals surface area (Å²) in [5.74, 6) is -0.542. The third kappa shape index (κ3) is 5.70. The number of hydrogen-bond acceptors (Lipinski definition) is 6. The van der Waals surface area contributed by atoms with E-state index in [1.54, 1.807) is 12.1 Å². The zero-order valence-electron chi connectivity index (χ0n) is 20.4. The largest absolute Gasteiger partial charge is 0.280 e. The van der Waals surface area contributed by atoms with Gasteiger partial charge in [0.25, 0.3) is 5.91 Å². The number of aromatic nitrogens is 1. The molecule has 0 aliphatic carbocycles. The van der Waals surface area contributed by atoms with Crippen molar-refractivity contribution >= 4 is 64.8 Å². The monoisotopic (exact) mass is 614 g/mol. The summed E-state index contributed by atoms with van der Waals surface area (Å²) in [6, 6.07) is 17.2. The van der Waals surface area contributed by atoms with E-state index in [0.29, 0.717) is 35.2 Å². The fraction of sp³-hybridized carbons (Fsp3) is 0.222. The van der Waals surface area contributed by atoms with E-state index in [1.165, 1.54) is 63.3 Å². The molecule has 1 aliphatic heterocycles. The molecule has 5 rings (SSSR count). The van der Waals surface area contributed by atoms with Crippen LogP contribution in [0.2, 0.25) is 0 Å². The highest BCUT2D eigenvalue weighted by atomic mass is 79.9. The maximum atomic E-state index is 13.6. The molecule has 0 saturated carbocycles. The molecule has 38 heavy (non-hydrogen) atoms. The molecule has 196 valence electrons. The molecule has 1 fully saturated rings. The van der Waals surface area contributed by atoms with Crippen LogP contribution >= 0.6 is 27.3 Å². The second-order valence-corrected chi connectivity index (χ2v) is 13.0. The topological polar surface area (TPSA) is 82.9 Å². The number of anilines is 1. The minimum Gasteiger partial charge on any atom is -0.267 e. The smallest absolute Gasteiger partial charge is 0.267 e. The standard InChI is InChI=1S/C27H24BrFN4O3S2/c1-18-3-2-14-32(17-18)38(35,36)23-11-6-20(7-12-23)26(34)33(30-16-19-4-9-22(29)10-5-19)27-31-24-13-8-21(28)15-25(24)37-27/h4-13,15-16,18H,2-3,14,17H2,1H3/b30-16+. The lowest BCUT2D eigenvalue weighted by Gasteiger charge is -2.30. The first kappa shape index (κ1) is 26.6. The van der Waals surface area contributed by atoms with Gasteiger partial charge >= 0.3 is 0 Å². The Morgan fingerprint density at radius 3 is 2.61 bits per heavy atom. The molecular weight excluding hydrogens is 591 g/mol. The Hall–Kier alpha value is -2.99. The van der Waals surface area contributed by atoms with Gasteiger partial charge in [-0.15, -0.1) is 0 Å². The Bertz CT molecular complexity index is 1610. The van der Waals surface area contributed by atoms with Crippen molar-refractivity contribution in [1.29, 1.82) is 0 Å². The highest BCUT2D eigenvalue weighted by Crippen LogP contribution is 2.32. The Labute approximate surface area is 232 Å². The zero-order chi connectivity index (χ0) is 26.9.